The largest absolute Gasteiger partial charge is 0.385 e. The van der Waals surface area contributed by atoms with Gasteiger partial charge in [0.2, 0.25) is 0 Å². The summed E-state index contributed by atoms with van der Waals surface area (Å²) in [6.07, 6.45) is 1.12. The molecule has 2 heteroatoms. The minimum atomic E-state index is 0. The summed E-state index contributed by atoms with van der Waals surface area (Å²) in [5, 5.41) is 3.20. The number of methoxy groups -OCH3 is 1. The molecule has 0 saturated heterocycles. The van der Waals surface area contributed by atoms with E-state index in [1.54, 1.807) is 7.11 Å². The third-order valence-corrected chi connectivity index (χ3v) is 0.952. The Morgan fingerprint density at radius 3 is 2.88 bits per heavy atom. The lowest BCUT2D eigenvalue weighted by Gasteiger charge is -1.98. The molecule has 0 fully saturated rings. The number of nitrogens with one attached hydrogen (secondary N) is 1. The molecule has 0 aliphatic carbocycles. The second kappa shape index (κ2) is 6.92. The Morgan fingerprint density at radius 1 is 1.62 bits per heavy atom. The Bertz CT molecular complexity index is 38.0. The second-order valence-corrected chi connectivity index (χ2v) is 1.70. The molecule has 0 saturated carbocycles. The van der Waals surface area contributed by atoms with Crippen molar-refractivity contribution in [3.8, 4) is 0 Å². The molecule has 0 unspecified atom stereocenters. The highest BCUT2D eigenvalue weighted by molar-refractivity contribution is 4.40. The summed E-state index contributed by atoms with van der Waals surface area (Å²) >= 11 is 0. The first-order valence-electron chi connectivity index (χ1n) is 3.11. The quantitative estimate of drug-likeness (QED) is 0.542. The lowest BCUT2D eigenvalue weighted by Crippen LogP contribution is -2.15. The van der Waals surface area contributed by atoms with E-state index < -0.39 is 0 Å². The molecule has 0 rings (SSSR count). The number of hydrogen-bond donors (Lipinski definition) is 1. The fourth-order valence-electron chi connectivity index (χ4n) is 0.518. The van der Waals surface area contributed by atoms with Gasteiger partial charge in [0.15, 0.2) is 0 Å². The van der Waals surface area contributed by atoms with Crippen LogP contribution in [-0.4, -0.2) is 26.8 Å². The van der Waals surface area contributed by atoms with Gasteiger partial charge in [-0.15, -0.1) is 0 Å². The fourth-order valence-corrected chi connectivity index (χ4v) is 0.518. The SMILES string of the molecule is CCNCCCOC.[HH]. The molecule has 0 aliphatic rings. The van der Waals surface area contributed by atoms with E-state index in [0.717, 1.165) is 26.1 Å². The van der Waals surface area contributed by atoms with Crippen LogP contribution in [0.5, 0.6) is 0 Å². The van der Waals surface area contributed by atoms with Gasteiger partial charge < -0.3 is 10.1 Å². The molecule has 0 atom stereocenters. The third-order valence-electron chi connectivity index (χ3n) is 0.952. The van der Waals surface area contributed by atoms with Gasteiger partial charge in [-0.3, -0.25) is 0 Å². The number of hydrogen-bond acceptors (Lipinski definition) is 2. The topological polar surface area (TPSA) is 21.3 Å². The van der Waals surface area contributed by atoms with Gasteiger partial charge >= 0.3 is 0 Å². The molecule has 0 amide bonds. The number of rotatable bonds is 5. The van der Waals surface area contributed by atoms with Crippen LogP contribution in [0.4, 0.5) is 0 Å². The summed E-state index contributed by atoms with van der Waals surface area (Å²) in [5.74, 6) is 0. The Kier molecular flexibility index (Phi) is 6.85. The maximum Gasteiger partial charge on any atom is 0.0474 e. The van der Waals surface area contributed by atoms with Crippen molar-refractivity contribution in [1.29, 1.82) is 0 Å². The normalized spacial score (nSPS) is 9.75. The van der Waals surface area contributed by atoms with Crippen LogP contribution in [0.1, 0.15) is 14.8 Å². The van der Waals surface area contributed by atoms with Crippen LogP contribution in [0.3, 0.4) is 0 Å². The molecule has 0 aromatic carbocycles. The van der Waals surface area contributed by atoms with E-state index in [0.29, 0.717) is 0 Å². The molecule has 52 valence electrons. The van der Waals surface area contributed by atoms with Crippen LogP contribution < -0.4 is 5.32 Å². The molecule has 0 aliphatic heterocycles. The van der Waals surface area contributed by atoms with E-state index in [2.05, 4.69) is 12.2 Å². The van der Waals surface area contributed by atoms with Gasteiger partial charge in [-0.1, -0.05) is 6.92 Å². The van der Waals surface area contributed by atoms with E-state index in [1.165, 1.54) is 0 Å². The van der Waals surface area contributed by atoms with E-state index >= 15 is 0 Å². The summed E-state index contributed by atoms with van der Waals surface area (Å²) in [6.45, 7) is 5.11. The maximum atomic E-state index is 4.85. The molecular formula is C6H17NO. The predicted octanol–water partition coefficient (Wildman–Crippen LogP) is 0.878. The first kappa shape index (κ1) is 7.92. The Morgan fingerprint density at radius 2 is 2.38 bits per heavy atom. The van der Waals surface area contributed by atoms with Gasteiger partial charge in [0.25, 0.3) is 0 Å². The van der Waals surface area contributed by atoms with Crippen molar-refractivity contribution in [1.82, 2.24) is 5.32 Å². The Labute approximate surface area is 52.7 Å². The number of ether oxygens (including phenoxy) is 1. The van der Waals surface area contributed by atoms with Gasteiger partial charge in [-0.05, 0) is 19.5 Å². The lowest BCUT2D eigenvalue weighted by molar-refractivity contribution is 0.194. The minimum absolute atomic E-state index is 0. The van der Waals surface area contributed by atoms with Crippen LogP contribution in [0, 0.1) is 0 Å². The van der Waals surface area contributed by atoms with Gasteiger partial charge in [0, 0.05) is 15.1 Å². The zero-order valence-corrected chi connectivity index (χ0v) is 5.74. The molecule has 0 radical (unpaired) electrons. The van der Waals surface area contributed by atoms with Gasteiger partial charge in [0.05, 0.1) is 0 Å². The summed E-state index contributed by atoms with van der Waals surface area (Å²) < 4.78 is 4.85. The van der Waals surface area contributed by atoms with Crippen LogP contribution in [0.25, 0.3) is 0 Å². The predicted molar refractivity (Wildman–Crippen MR) is 37.2 cm³/mol. The molecule has 1 N–H and O–H groups in total. The zero-order valence-electron chi connectivity index (χ0n) is 5.74. The van der Waals surface area contributed by atoms with Crippen molar-refractivity contribution in [2.24, 2.45) is 0 Å². The van der Waals surface area contributed by atoms with E-state index in [-0.39, 0.29) is 1.43 Å². The van der Waals surface area contributed by atoms with Crippen LogP contribution >= 0.6 is 0 Å². The van der Waals surface area contributed by atoms with Crippen LogP contribution in [-0.2, 0) is 4.74 Å². The highest BCUT2D eigenvalue weighted by Gasteiger charge is 1.81. The Balaban J connectivity index is 0. The molecule has 0 aromatic heterocycles. The highest BCUT2D eigenvalue weighted by atomic mass is 16.5. The third kappa shape index (κ3) is 5.92. The molecule has 0 spiro atoms. The highest BCUT2D eigenvalue weighted by Crippen LogP contribution is 1.74. The van der Waals surface area contributed by atoms with Gasteiger partial charge in [-0.2, -0.15) is 0 Å². The smallest absolute Gasteiger partial charge is 0.0474 e. The van der Waals surface area contributed by atoms with Crippen molar-refractivity contribution in [2.75, 3.05) is 26.8 Å². The summed E-state index contributed by atoms with van der Waals surface area (Å²) in [7, 11) is 1.73. The molecular weight excluding hydrogens is 102 g/mol. The summed E-state index contributed by atoms with van der Waals surface area (Å²) in [5.41, 5.74) is 0. The van der Waals surface area contributed by atoms with Crippen molar-refractivity contribution in [2.45, 2.75) is 13.3 Å². The van der Waals surface area contributed by atoms with Crippen molar-refractivity contribution in [3.63, 3.8) is 0 Å². The van der Waals surface area contributed by atoms with Crippen LogP contribution in [0.2, 0.25) is 0 Å². The summed E-state index contributed by atoms with van der Waals surface area (Å²) in [6, 6.07) is 0. The molecule has 0 aromatic rings. The van der Waals surface area contributed by atoms with Gasteiger partial charge in [-0.25, -0.2) is 0 Å². The molecule has 8 heavy (non-hydrogen) atoms. The molecule has 2 nitrogen and oxygen atoms in total. The van der Waals surface area contributed by atoms with E-state index in [1.807, 2.05) is 0 Å². The summed E-state index contributed by atoms with van der Waals surface area (Å²) in [4.78, 5) is 0. The fraction of sp³-hybridized carbons (Fsp3) is 1.00. The minimum Gasteiger partial charge on any atom is -0.385 e. The van der Waals surface area contributed by atoms with E-state index in [4.69, 9.17) is 4.74 Å². The average Bonchev–Trinajstić information content (AvgIpc) is 1.81. The van der Waals surface area contributed by atoms with Crippen molar-refractivity contribution >= 4 is 0 Å². The first-order valence-corrected chi connectivity index (χ1v) is 3.11. The second-order valence-electron chi connectivity index (χ2n) is 1.70. The lowest BCUT2D eigenvalue weighted by atomic mass is 10.4. The zero-order chi connectivity index (χ0) is 6.24. The molecule has 0 bridgehead atoms. The van der Waals surface area contributed by atoms with Crippen molar-refractivity contribution < 1.29 is 6.16 Å². The molecule has 0 heterocycles. The standard InChI is InChI=1S/C6H15NO.H2/c1-3-7-5-4-6-8-2;/h7H,3-6H2,1-2H3;1H. The van der Waals surface area contributed by atoms with E-state index in [9.17, 15) is 0 Å². The van der Waals surface area contributed by atoms with Crippen LogP contribution in [0.15, 0.2) is 0 Å². The average molecular weight is 119 g/mol. The van der Waals surface area contributed by atoms with Crippen molar-refractivity contribution in [3.05, 3.63) is 0 Å². The Hall–Kier alpha value is -0.0800. The maximum absolute atomic E-state index is 4.85. The first-order chi connectivity index (χ1) is 3.91. The monoisotopic (exact) mass is 119 g/mol. The van der Waals surface area contributed by atoms with Gasteiger partial charge in [0.1, 0.15) is 0 Å².